The predicted molar refractivity (Wildman–Crippen MR) is 80.4 cm³/mol. The first kappa shape index (κ1) is 15.7. The lowest BCUT2D eigenvalue weighted by atomic mass is 10.3. The molecule has 1 N–H and O–H groups in total. The summed E-state index contributed by atoms with van der Waals surface area (Å²) in [7, 11) is 1.34. The fraction of sp³-hybridized carbons (Fsp3) is 0.615. The minimum atomic E-state index is -0.313. The van der Waals surface area contributed by atoms with Gasteiger partial charge in [-0.15, -0.1) is 11.3 Å². The van der Waals surface area contributed by atoms with Gasteiger partial charge in [0.15, 0.2) is 5.13 Å². The molecule has 0 aliphatic carbocycles. The van der Waals surface area contributed by atoms with E-state index >= 15 is 0 Å². The molecule has 1 aromatic heterocycles. The highest BCUT2D eigenvalue weighted by Crippen LogP contribution is 2.18. The largest absolute Gasteiger partial charge is 0.469 e. The van der Waals surface area contributed by atoms with Crippen molar-refractivity contribution < 1.29 is 14.3 Å². The number of nitrogens with zero attached hydrogens (tertiary/aromatic N) is 3. The van der Waals surface area contributed by atoms with Crippen molar-refractivity contribution in [2.24, 2.45) is 0 Å². The molecule has 0 unspecified atom stereocenters. The summed E-state index contributed by atoms with van der Waals surface area (Å²) in [6.07, 6.45) is 2.02. The van der Waals surface area contributed by atoms with Gasteiger partial charge in [0, 0.05) is 44.3 Å². The fourth-order valence-corrected chi connectivity index (χ4v) is 2.83. The molecule has 1 aliphatic rings. The van der Waals surface area contributed by atoms with Gasteiger partial charge >= 0.3 is 5.97 Å². The number of methoxy groups -OCH3 is 1. The van der Waals surface area contributed by atoms with Crippen LogP contribution in [0.2, 0.25) is 0 Å². The first-order valence-corrected chi connectivity index (χ1v) is 7.77. The lowest BCUT2D eigenvalue weighted by Gasteiger charge is -2.34. The van der Waals surface area contributed by atoms with Gasteiger partial charge in [0.2, 0.25) is 5.91 Å². The van der Waals surface area contributed by atoms with Gasteiger partial charge in [-0.3, -0.25) is 14.5 Å². The highest BCUT2D eigenvalue weighted by atomic mass is 32.1. The van der Waals surface area contributed by atoms with Crippen molar-refractivity contribution in [2.75, 3.05) is 51.3 Å². The van der Waals surface area contributed by atoms with Gasteiger partial charge in [-0.2, -0.15) is 0 Å². The molecule has 0 bridgehead atoms. The number of anilines is 1. The average molecular weight is 312 g/mol. The van der Waals surface area contributed by atoms with Crippen LogP contribution in [0.1, 0.15) is 6.42 Å². The highest BCUT2D eigenvalue weighted by Gasteiger charge is 2.20. The zero-order chi connectivity index (χ0) is 15.1. The lowest BCUT2D eigenvalue weighted by Crippen LogP contribution is -2.49. The molecule has 1 amide bonds. The Morgan fingerprint density at radius 2 is 2.14 bits per heavy atom. The van der Waals surface area contributed by atoms with Crippen LogP contribution in [-0.2, 0) is 14.3 Å². The maximum absolute atomic E-state index is 11.8. The molecule has 0 spiro atoms. The van der Waals surface area contributed by atoms with Crippen LogP contribution in [0.3, 0.4) is 0 Å². The lowest BCUT2D eigenvalue weighted by molar-refractivity contribution is -0.140. The smallest absolute Gasteiger partial charge is 0.307 e. The van der Waals surface area contributed by atoms with Crippen molar-refractivity contribution in [3.8, 4) is 0 Å². The van der Waals surface area contributed by atoms with E-state index in [1.807, 2.05) is 5.38 Å². The van der Waals surface area contributed by atoms with Crippen LogP contribution in [0.15, 0.2) is 11.6 Å². The maximum Gasteiger partial charge on any atom is 0.307 e. The van der Waals surface area contributed by atoms with Crippen molar-refractivity contribution in [3.05, 3.63) is 11.6 Å². The van der Waals surface area contributed by atoms with Crippen LogP contribution in [0.5, 0.6) is 0 Å². The summed E-state index contributed by atoms with van der Waals surface area (Å²) in [4.78, 5) is 31.3. The number of thiazole rings is 1. The molecule has 2 rings (SSSR count). The van der Waals surface area contributed by atoms with Gasteiger partial charge in [0.25, 0.3) is 0 Å². The Kier molecular flexibility index (Phi) is 5.94. The number of carbonyl (C=O) groups is 2. The van der Waals surface area contributed by atoms with Crippen LogP contribution in [0.4, 0.5) is 5.13 Å². The van der Waals surface area contributed by atoms with Gasteiger partial charge in [-0.25, -0.2) is 4.98 Å². The second kappa shape index (κ2) is 7.94. The molecule has 0 aromatic carbocycles. The van der Waals surface area contributed by atoms with Crippen molar-refractivity contribution in [2.45, 2.75) is 6.42 Å². The highest BCUT2D eigenvalue weighted by molar-refractivity contribution is 7.13. The third kappa shape index (κ3) is 4.98. The zero-order valence-electron chi connectivity index (χ0n) is 12.1. The van der Waals surface area contributed by atoms with E-state index in [2.05, 4.69) is 24.8 Å². The van der Waals surface area contributed by atoms with E-state index in [0.717, 1.165) is 31.3 Å². The van der Waals surface area contributed by atoms with E-state index in [-0.39, 0.29) is 18.3 Å². The molecule has 8 heteroatoms. The Morgan fingerprint density at radius 1 is 1.38 bits per heavy atom. The van der Waals surface area contributed by atoms with Gasteiger partial charge in [0.05, 0.1) is 20.1 Å². The van der Waals surface area contributed by atoms with Gasteiger partial charge in [-0.1, -0.05) is 0 Å². The molecule has 1 saturated heterocycles. The van der Waals surface area contributed by atoms with Crippen LogP contribution in [0, 0.1) is 0 Å². The zero-order valence-corrected chi connectivity index (χ0v) is 12.9. The van der Waals surface area contributed by atoms with Gasteiger partial charge < -0.3 is 15.0 Å². The molecular formula is C13H20N4O3S. The van der Waals surface area contributed by atoms with E-state index < -0.39 is 0 Å². The summed E-state index contributed by atoms with van der Waals surface area (Å²) in [5.74, 6) is -0.367. The van der Waals surface area contributed by atoms with Crippen molar-refractivity contribution >= 4 is 28.3 Å². The van der Waals surface area contributed by atoms with E-state index in [9.17, 15) is 9.59 Å². The first-order valence-electron chi connectivity index (χ1n) is 6.89. The minimum absolute atomic E-state index is 0.0541. The Bertz CT molecular complexity index is 458. The molecule has 1 fully saturated rings. The number of nitrogens with one attached hydrogen (secondary N) is 1. The third-order valence-electron chi connectivity index (χ3n) is 3.31. The fourth-order valence-electron chi connectivity index (χ4n) is 2.13. The Hall–Kier alpha value is -1.67. The summed E-state index contributed by atoms with van der Waals surface area (Å²) in [6.45, 7) is 4.12. The maximum atomic E-state index is 11.8. The number of carbonyl (C=O) groups excluding carboxylic acids is 2. The van der Waals surface area contributed by atoms with Crippen molar-refractivity contribution in [3.63, 3.8) is 0 Å². The molecule has 0 saturated carbocycles. The number of ether oxygens (including phenoxy) is 1. The molecule has 7 nitrogen and oxygen atoms in total. The quantitative estimate of drug-likeness (QED) is 0.742. The number of esters is 1. The second-order valence-corrected chi connectivity index (χ2v) is 5.63. The monoisotopic (exact) mass is 312 g/mol. The summed E-state index contributed by atoms with van der Waals surface area (Å²) in [6, 6.07) is 0. The van der Waals surface area contributed by atoms with Gasteiger partial charge in [0.1, 0.15) is 0 Å². The standard InChI is InChI=1S/C13H20N4O3S/c1-20-12(19)2-3-14-11(18)10-16-5-7-17(8-6-16)13-15-4-9-21-13/h4,9H,2-3,5-8,10H2,1H3,(H,14,18). The molecule has 21 heavy (non-hydrogen) atoms. The van der Waals surface area contributed by atoms with Crippen LogP contribution >= 0.6 is 11.3 Å². The normalized spacial score (nSPS) is 15.8. The third-order valence-corrected chi connectivity index (χ3v) is 4.14. The SMILES string of the molecule is COC(=O)CCNC(=O)CN1CCN(c2nccs2)CC1. The number of aromatic nitrogens is 1. The minimum Gasteiger partial charge on any atom is -0.469 e. The Labute approximate surface area is 127 Å². The van der Waals surface area contributed by atoms with Crippen LogP contribution < -0.4 is 10.2 Å². The molecule has 1 aliphatic heterocycles. The molecule has 116 valence electrons. The predicted octanol–water partition coefficient (Wildman–Crippen LogP) is -0.0556. The molecule has 1 aromatic rings. The van der Waals surface area contributed by atoms with Crippen molar-refractivity contribution in [1.29, 1.82) is 0 Å². The van der Waals surface area contributed by atoms with Crippen LogP contribution in [0.25, 0.3) is 0 Å². The number of rotatable bonds is 6. The molecule has 2 heterocycles. The summed E-state index contributed by atoms with van der Waals surface area (Å²) in [5, 5.41) is 5.74. The topological polar surface area (TPSA) is 74.8 Å². The van der Waals surface area contributed by atoms with Gasteiger partial charge in [-0.05, 0) is 0 Å². The number of piperazine rings is 1. The first-order chi connectivity index (χ1) is 10.2. The molecule has 0 atom stereocenters. The number of hydrogen-bond acceptors (Lipinski definition) is 7. The van der Waals surface area contributed by atoms with E-state index in [4.69, 9.17) is 0 Å². The molecule has 0 radical (unpaired) electrons. The number of hydrogen-bond donors (Lipinski definition) is 1. The summed E-state index contributed by atoms with van der Waals surface area (Å²) < 4.78 is 4.52. The Morgan fingerprint density at radius 3 is 2.76 bits per heavy atom. The van der Waals surface area contributed by atoms with E-state index in [0.29, 0.717) is 13.1 Å². The van der Waals surface area contributed by atoms with E-state index in [1.54, 1.807) is 17.5 Å². The average Bonchev–Trinajstić information content (AvgIpc) is 3.02. The van der Waals surface area contributed by atoms with E-state index in [1.165, 1.54) is 7.11 Å². The molecular weight excluding hydrogens is 292 g/mol. The Balaban J connectivity index is 1.64. The number of amides is 1. The summed E-state index contributed by atoms with van der Waals surface area (Å²) >= 11 is 1.63. The van der Waals surface area contributed by atoms with Crippen LogP contribution in [-0.4, -0.2) is 68.1 Å². The summed E-state index contributed by atoms with van der Waals surface area (Å²) in [5.41, 5.74) is 0. The second-order valence-electron chi connectivity index (χ2n) is 4.75. The van der Waals surface area contributed by atoms with Crippen molar-refractivity contribution in [1.82, 2.24) is 15.2 Å².